The molecular weight excluding hydrogens is 276 g/mol. The van der Waals surface area contributed by atoms with Crippen molar-refractivity contribution in [3.63, 3.8) is 0 Å². The second-order valence-corrected chi connectivity index (χ2v) is 3.99. The Kier molecular flexibility index (Phi) is 4.39. The standard InChI is InChI=1S/C13H14N4O4/c1-2-21-10-6-4-3-5-8(10)15-13(20)16-9-7-14-12(19)17-11(9)18/h3-7H,2H2,1H3,(H2,15,16,20)(H2,14,17,18,19). The predicted octanol–water partition coefficient (Wildman–Crippen LogP) is 1.11. The second-order valence-electron chi connectivity index (χ2n) is 3.99. The summed E-state index contributed by atoms with van der Waals surface area (Å²) in [6, 6.07) is 6.28. The van der Waals surface area contributed by atoms with Crippen molar-refractivity contribution in [1.29, 1.82) is 0 Å². The lowest BCUT2D eigenvalue weighted by molar-refractivity contribution is 0.262. The minimum atomic E-state index is -0.688. The minimum absolute atomic E-state index is 0.0685. The van der Waals surface area contributed by atoms with Crippen molar-refractivity contribution >= 4 is 17.4 Å². The van der Waals surface area contributed by atoms with Crippen LogP contribution in [0.3, 0.4) is 0 Å². The fraction of sp³-hybridized carbons (Fsp3) is 0.154. The summed E-state index contributed by atoms with van der Waals surface area (Å²) in [5, 5.41) is 4.90. The number of anilines is 2. The van der Waals surface area contributed by atoms with E-state index in [1.165, 1.54) is 0 Å². The Bertz CT molecular complexity index is 750. The molecule has 0 atom stereocenters. The highest BCUT2D eigenvalue weighted by atomic mass is 16.5. The van der Waals surface area contributed by atoms with E-state index in [0.29, 0.717) is 18.0 Å². The molecule has 0 aliphatic heterocycles. The van der Waals surface area contributed by atoms with E-state index in [9.17, 15) is 14.4 Å². The summed E-state index contributed by atoms with van der Waals surface area (Å²) in [5.74, 6) is 0.519. The molecule has 0 fully saturated rings. The molecule has 0 bridgehead atoms. The van der Waals surface area contributed by atoms with Crippen molar-refractivity contribution in [2.45, 2.75) is 6.92 Å². The highest BCUT2D eigenvalue weighted by molar-refractivity contribution is 6.00. The molecule has 0 saturated carbocycles. The van der Waals surface area contributed by atoms with E-state index in [4.69, 9.17) is 4.74 Å². The number of nitrogens with one attached hydrogen (secondary N) is 4. The third-order valence-corrected chi connectivity index (χ3v) is 2.50. The molecular formula is C13H14N4O4. The topological polar surface area (TPSA) is 116 Å². The summed E-state index contributed by atoms with van der Waals surface area (Å²) >= 11 is 0. The van der Waals surface area contributed by atoms with Crippen molar-refractivity contribution in [2.24, 2.45) is 0 Å². The van der Waals surface area contributed by atoms with Crippen LogP contribution >= 0.6 is 0 Å². The Labute approximate surface area is 119 Å². The molecule has 0 saturated heterocycles. The summed E-state index contributed by atoms with van der Waals surface area (Å²) in [7, 11) is 0. The van der Waals surface area contributed by atoms with Gasteiger partial charge in [0.2, 0.25) is 0 Å². The van der Waals surface area contributed by atoms with Gasteiger partial charge in [-0.25, -0.2) is 9.59 Å². The number of hydrogen-bond acceptors (Lipinski definition) is 4. The van der Waals surface area contributed by atoms with Crippen LogP contribution in [0.1, 0.15) is 6.92 Å². The first-order chi connectivity index (χ1) is 10.1. The van der Waals surface area contributed by atoms with Crippen molar-refractivity contribution < 1.29 is 9.53 Å². The van der Waals surface area contributed by atoms with E-state index < -0.39 is 17.3 Å². The SMILES string of the molecule is CCOc1ccccc1NC(=O)Nc1c[nH]c(=O)[nH]c1=O. The van der Waals surface area contributed by atoms with Gasteiger partial charge in [-0.2, -0.15) is 0 Å². The Morgan fingerprint density at radius 3 is 2.62 bits per heavy atom. The van der Waals surface area contributed by atoms with Crippen LogP contribution in [-0.4, -0.2) is 22.6 Å². The van der Waals surface area contributed by atoms with Crippen molar-refractivity contribution in [3.8, 4) is 5.75 Å². The highest BCUT2D eigenvalue weighted by Crippen LogP contribution is 2.23. The van der Waals surface area contributed by atoms with Gasteiger partial charge in [0.25, 0.3) is 5.56 Å². The van der Waals surface area contributed by atoms with E-state index in [-0.39, 0.29) is 5.69 Å². The van der Waals surface area contributed by atoms with Crippen LogP contribution in [0.25, 0.3) is 0 Å². The summed E-state index contributed by atoms with van der Waals surface area (Å²) in [4.78, 5) is 38.5. The van der Waals surface area contributed by atoms with Gasteiger partial charge in [0.15, 0.2) is 0 Å². The average molecular weight is 290 g/mol. The fourth-order valence-electron chi connectivity index (χ4n) is 1.63. The number of carbonyl (C=O) groups is 1. The van der Waals surface area contributed by atoms with Crippen molar-refractivity contribution in [1.82, 2.24) is 9.97 Å². The first kappa shape index (κ1) is 14.4. The largest absolute Gasteiger partial charge is 0.492 e. The number of para-hydroxylation sites is 2. The Morgan fingerprint density at radius 2 is 1.90 bits per heavy atom. The fourth-order valence-corrected chi connectivity index (χ4v) is 1.63. The molecule has 4 N–H and O–H groups in total. The second kappa shape index (κ2) is 6.42. The van der Waals surface area contributed by atoms with Crippen molar-refractivity contribution in [3.05, 3.63) is 51.3 Å². The molecule has 110 valence electrons. The maximum absolute atomic E-state index is 11.9. The van der Waals surface area contributed by atoms with E-state index in [1.807, 2.05) is 11.9 Å². The summed E-state index contributed by atoms with van der Waals surface area (Å²) < 4.78 is 5.37. The number of hydrogen-bond donors (Lipinski definition) is 4. The van der Waals surface area contributed by atoms with Crippen LogP contribution in [0, 0.1) is 0 Å². The van der Waals surface area contributed by atoms with Gasteiger partial charge in [-0.3, -0.25) is 9.78 Å². The minimum Gasteiger partial charge on any atom is -0.492 e. The third kappa shape index (κ3) is 3.72. The monoisotopic (exact) mass is 290 g/mol. The van der Waals surface area contributed by atoms with Crippen LogP contribution in [0.4, 0.5) is 16.2 Å². The summed E-state index contributed by atoms with van der Waals surface area (Å²) in [5.41, 5.74) is -0.932. The number of aromatic amines is 2. The number of benzene rings is 1. The van der Waals surface area contributed by atoms with Crippen LogP contribution < -0.4 is 26.6 Å². The number of carbonyl (C=O) groups excluding carboxylic acids is 1. The van der Waals surface area contributed by atoms with Gasteiger partial charge >= 0.3 is 11.7 Å². The normalized spacial score (nSPS) is 9.95. The first-order valence-corrected chi connectivity index (χ1v) is 6.22. The van der Waals surface area contributed by atoms with Gasteiger partial charge in [-0.1, -0.05) is 12.1 Å². The maximum atomic E-state index is 11.9. The smallest absolute Gasteiger partial charge is 0.325 e. The molecule has 2 aromatic rings. The van der Waals surface area contributed by atoms with Gasteiger partial charge in [-0.15, -0.1) is 0 Å². The quantitative estimate of drug-likeness (QED) is 0.674. The number of H-pyrrole nitrogens is 2. The molecule has 1 heterocycles. The van der Waals surface area contributed by atoms with Crippen LogP contribution in [-0.2, 0) is 0 Å². The molecule has 0 spiro atoms. The third-order valence-electron chi connectivity index (χ3n) is 2.50. The lowest BCUT2D eigenvalue weighted by Crippen LogP contribution is -2.28. The number of urea groups is 1. The molecule has 8 heteroatoms. The predicted molar refractivity (Wildman–Crippen MR) is 77.9 cm³/mol. The molecule has 21 heavy (non-hydrogen) atoms. The molecule has 2 rings (SSSR count). The van der Waals surface area contributed by atoms with E-state index in [2.05, 4.69) is 15.6 Å². The zero-order valence-electron chi connectivity index (χ0n) is 11.2. The number of amides is 2. The lowest BCUT2D eigenvalue weighted by Gasteiger charge is -2.11. The highest BCUT2D eigenvalue weighted by Gasteiger charge is 2.09. The molecule has 0 aliphatic carbocycles. The molecule has 0 aliphatic rings. The zero-order chi connectivity index (χ0) is 15.2. The molecule has 1 aromatic heterocycles. The Morgan fingerprint density at radius 1 is 1.19 bits per heavy atom. The van der Waals surface area contributed by atoms with Crippen LogP contribution in [0.2, 0.25) is 0 Å². The first-order valence-electron chi connectivity index (χ1n) is 6.22. The van der Waals surface area contributed by atoms with Crippen LogP contribution in [0.15, 0.2) is 40.1 Å². The molecule has 0 radical (unpaired) electrons. The molecule has 2 amide bonds. The van der Waals surface area contributed by atoms with E-state index in [1.54, 1.807) is 24.3 Å². The van der Waals surface area contributed by atoms with E-state index >= 15 is 0 Å². The number of aromatic nitrogens is 2. The van der Waals surface area contributed by atoms with Gasteiger partial charge in [0, 0.05) is 6.20 Å². The summed E-state index contributed by atoms with van der Waals surface area (Å²) in [6.45, 7) is 2.29. The van der Waals surface area contributed by atoms with Crippen molar-refractivity contribution in [2.75, 3.05) is 17.2 Å². The average Bonchev–Trinajstić information content (AvgIpc) is 2.44. The Balaban J connectivity index is 2.12. The Hall–Kier alpha value is -3.03. The van der Waals surface area contributed by atoms with Gasteiger partial charge in [-0.05, 0) is 19.1 Å². The summed E-state index contributed by atoms with van der Waals surface area (Å²) in [6.07, 6.45) is 1.12. The maximum Gasteiger partial charge on any atom is 0.325 e. The van der Waals surface area contributed by atoms with Gasteiger partial charge in [0.1, 0.15) is 11.4 Å². The number of ether oxygens (including phenoxy) is 1. The number of rotatable bonds is 4. The molecule has 0 unspecified atom stereocenters. The molecule has 1 aromatic carbocycles. The van der Waals surface area contributed by atoms with Gasteiger partial charge in [0.05, 0.1) is 12.3 Å². The zero-order valence-corrected chi connectivity index (χ0v) is 11.2. The molecule has 8 nitrogen and oxygen atoms in total. The van der Waals surface area contributed by atoms with Crippen LogP contribution in [0.5, 0.6) is 5.75 Å². The lowest BCUT2D eigenvalue weighted by atomic mass is 10.3. The van der Waals surface area contributed by atoms with Gasteiger partial charge < -0.3 is 20.4 Å². The van der Waals surface area contributed by atoms with E-state index in [0.717, 1.165) is 6.20 Å².